The molecule has 0 saturated heterocycles. The van der Waals surface area contributed by atoms with Crippen LogP contribution in [-0.2, 0) is 12.8 Å². The molecule has 0 amide bonds. The van der Waals surface area contributed by atoms with Crippen molar-refractivity contribution in [3.05, 3.63) is 95.1 Å². The molecule has 0 aliphatic carbocycles. The topological polar surface area (TPSA) is 23.8 Å². The van der Waals surface area contributed by atoms with Crippen LogP contribution in [0.3, 0.4) is 0 Å². The second kappa shape index (κ2) is 16.9. The zero-order valence-electron chi connectivity index (χ0n) is 22.5. The summed E-state index contributed by atoms with van der Waals surface area (Å²) < 4.78 is 0. The first-order valence-electron chi connectivity index (χ1n) is 13.2. The van der Waals surface area contributed by atoms with Gasteiger partial charge in [-0.15, -0.1) is 0 Å². The molecule has 0 unspecified atom stereocenters. The molecule has 0 aliphatic heterocycles. The Morgan fingerprint density at radius 3 is 1.65 bits per heavy atom. The van der Waals surface area contributed by atoms with Crippen LogP contribution < -0.4 is 0 Å². The summed E-state index contributed by atoms with van der Waals surface area (Å²) in [7, 11) is 0. The number of hydrogen-bond donors (Lipinski definition) is 0. The van der Waals surface area contributed by atoms with Crippen molar-refractivity contribution in [1.82, 2.24) is 0 Å². The minimum absolute atomic E-state index is 0.577. The maximum Gasteiger partial charge on any atom is 0.0940 e. The lowest BCUT2D eigenvalue weighted by Gasteiger charge is -2.07. The van der Waals surface area contributed by atoms with E-state index in [1.54, 1.807) is 0 Å². The van der Waals surface area contributed by atoms with E-state index in [1.165, 1.54) is 72.8 Å². The molecule has 2 aromatic carbocycles. The van der Waals surface area contributed by atoms with Gasteiger partial charge in [-0.1, -0.05) is 115 Å². The van der Waals surface area contributed by atoms with E-state index in [0.29, 0.717) is 17.4 Å². The average Bonchev–Trinajstić information content (AvgIpc) is 2.83. The van der Waals surface area contributed by atoms with Gasteiger partial charge in [0.2, 0.25) is 0 Å². The molecular formula is C33H47N. The number of rotatable bonds is 13. The van der Waals surface area contributed by atoms with Crippen LogP contribution in [0.25, 0.3) is 0 Å². The fourth-order valence-electron chi connectivity index (χ4n) is 3.85. The van der Waals surface area contributed by atoms with Crippen LogP contribution in [0.4, 0.5) is 0 Å². The van der Waals surface area contributed by atoms with Crippen molar-refractivity contribution in [3.63, 3.8) is 0 Å². The summed E-state index contributed by atoms with van der Waals surface area (Å²) in [5.74, 6) is 1.21. The molecule has 1 heteroatoms. The van der Waals surface area contributed by atoms with Crippen molar-refractivity contribution in [3.8, 4) is 6.07 Å². The Morgan fingerprint density at radius 1 is 0.706 bits per heavy atom. The average molecular weight is 458 g/mol. The van der Waals surface area contributed by atoms with Gasteiger partial charge in [0.25, 0.3) is 0 Å². The maximum atomic E-state index is 8.58. The summed E-state index contributed by atoms with van der Waals surface area (Å²) in [6, 6.07) is 19.8. The van der Waals surface area contributed by atoms with Gasteiger partial charge >= 0.3 is 0 Å². The predicted molar refractivity (Wildman–Crippen MR) is 150 cm³/mol. The number of unbranched alkanes of at least 4 members (excludes halogenated alkanes) is 2. The van der Waals surface area contributed by atoms with Gasteiger partial charge in [0.15, 0.2) is 0 Å². The monoisotopic (exact) mass is 457 g/mol. The van der Waals surface area contributed by atoms with E-state index in [9.17, 15) is 0 Å². The van der Waals surface area contributed by atoms with E-state index < -0.39 is 0 Å². The lowest BCUT2D eigenvalue weighted by Crippen LogP contribution is -1.90. The highest BCUT2D eigenvalue weighted by Crippen LogP contribution is 2.18. The molecule has 2 rings (SSSR count). The molecule has 0 spiro atoms. The van der Waals surface area contributed by atoms with Crippen molar-refractivity contribution >= 4 is 0 Å². The van der Waals surface area contributed by atoms with E-state index in [-0.39, 0.29) is 0 Å². The Balaban J connectivity index is 0.000000350. The fraction of sp³-hybridized carbons (Fsp3) is 0.485. The molecule has 0 bridgehead atoms. The Bertz CT molecular complexity index is 876. The van der Waals surface area contributed by atoms with Gasteiger partial charge in [-0.3, -0.25) is 0 Å². The van der Waals surface area contributed by atoms with E-state index >= 15 is 0 Å². The highest BCUT2D eigenvalue weighted by Gasteiger charge is 2.01. The van der Waals surface area contributed by atoms with E-state index in [1.807, 2.05) is 0 Å². The Labute approximate surface area is 210 Å². The molecule has 0 heterocycles. The predicted octanol–water partition coefficient (Wildman–Crippen LogP) is 10.1. The minimum Gasteiger partial charge on any atom is -0.193 e. The number of benzene rings is 2. The second-order valence-corrected chi connectivity index (χ2v) is 10.1. The zero-order valence-corrected chi connectivity index (χ0v) is 22.5. The van der Waals surface area contributed by atoms with E-state index in [2.05, 4.69) is 102 Å². The van der Waals surface area contributed by atoms with Crippen molar-refractivity contribution in [2.24, 2.45) is 0 Å². The minimum atomic E-state index is 0.577. The molecule has 0 radical (unpaired) electrons. The smallest absolute Gasteiger partial charge is 0.0940 e. The van der Waals surface area contributed by atoms with E-state index in [0.717, 1.165) is 12.8 Å². The number of nitriles is 1. The molecule has 0 N–H and O–H groups in total. The molecule has 34 heavy (non-hydrogen) atoms. The van der Waals surface area contributed by atoms with Crippen LogP contribution in [0.5, 0.6) is 0 Å². The summed E-state index contributed by atoms with van der Waals surface area (Å²) >= 11 is 0. The summed E-state index contributed by atoms with van der Waals surface area (Å²) in [5, 5.41) is 8.58. The fourth-order valence-corrected chi connectivity index (χ4v) is 3.85. The molecule has 1 nitrogen and oxygen atoms in total. The van der Waals surface area contributed by atoms with Crippen LogP contribution in [0.1, 0.15) is 114 Å². The van der Waals surface area contributed by atoms with Crippen LogP contribution in [0.15, 0.2) is 72.8 Å². The first-order chi connectivity index (χ1) is 16.3. The Kier molecular flexibility index (Phi) is 14.7. The second-order valence-electron chi connectivity index (χ2n) is 10.1. The molecule has 0 aliphatic rings. The highest BCUT2D eigenvalue weighted by molar-refractivity contribution is 5.27. The van der Waals surface area contributed by atoms with Gasteiger partial charge in [-0.2, -0.15) is 5.26 Å². The molecule has 0 fully saturated rings. The van der Waals surface area contributed by atoms with E-state index in [4.69, 9.17) is 5.26 Å². The normalized spacial score (nSPS) is 10.5. The summed E-state index contributed by atoms with van der Waals surface area (Å²) in [6.45, 7) is 18.9. The Morgan fingerprint density at radius 2 is 1.21 bits per heavy atom. The van der Waals surface area contributed by atoms with Gasteiger partial charge < -0.3 is 0 Å². The molecule has 0 saturated carbocycles. The highest BCUT2D eigenvalue weighted by atomic mass is 14.2. The number of aryl methyl sites for hydroxylation is 2. The van der Waals surface area contributed by atoms with Gasteiger partial charge in [0.1, 0.15) is 0 Å². The van der Waals surface area contributed by atoms with Crippen LogP contribution in [0, 0.1) is 11.3 Å². The van der Waals surface area contributed by atoms with Gasteiger partial charge in [-0.25, -0.2) is 0 Å². The summed E-state index contributed by atoms with van der Waals surface area (Å²) in [5.41, 5.74) is 7.65. The lowest BCUT2D eigenvalue weighted by molar-refractivity contribution is 0.662. The molecule has 0 atom stereocenters. The third-order valence-electron chi connectivity index (χ3n) is 6.27. The van der Waals surface area contributed by atoms with Crippen molar-refractivity contribution in [2.75, 3.05) is 0 Å². The number of allylic oxidation sites excluding steroid dienone is 2. The molecular weight excluding hydrogens is 410 g/mol. The summed E-state index contributed by atoms with van der Waals surface area (Å²) in [6.07, 6.45) is 10.5. The first-order valence-corrected chi connectivity index (χ1v) is 13.2. The van der Waals surface area contributed by atoms with Crippen LogP contribution in [0.2, 0.25) is 0 Å². The maximum absolute atomic E-state index is 8.58. The Hall–Kier alpha value is -2.59. The number of nitrogens with zero attached hydrogens (tertiary/aromatic N) is 1. The van der Waals surface area contributed by atoms with Gasteiger partial charge in [0, 0.05) is 5.57 Å². The largest absolute Gasteiger partial charge is 0.193 e. The van der Waals surface area contributed by atoms with Crippen LogP contribution >= 0.6 is 0 Å². The van der Waals surface area contributed by atoms with Crippen molar-refractivity contribution in [1.29, 1.82) is 5.26 Å². The third-order valence-corrected chi connectivity index (χ3v) is 6.27. The molecule has 2 aromatic rings. The van der Waals surface area contributed by atoms with Crippen molar-refractivity contribution < 1.29 is 0 Å². The quantitative estimate of drug-likeness (QED) is 0.167. The standard InChI is InChI=1S/C19H30.C14H17N/c1-5-9-17(4)10-7-6-8-11-18-12-14-19(15-13-18)16(2)3;1-11(2)14-8-6-13(7-9-14)5-4-12(3)10-15/h12-16H,4-11H2,1-3H3;6-9,11H,3-5H2,1-2H3. The lowest BCUT2D eigenvalue weighted by atomic mass is 9.99. The molecule has 184 valence electrons. The SMILES string of the molecule is C=C(C#N)CCc1ccc(C(C)C)cc1.C=C(CCC)CCCCCc1ccc(C(C)C)cc1. The molecule has 0 aromatic heterocycles. The van der Waals surface area contributed by atoms with Gasteiger partial charge in [-0.05, 0) is 79.0 Å². The van der Waals surface area contributed by atoms with Crippen LogP contribution in [-0.4, -0.2) is 0 Å². The number of hydrogen-bond acceptors (Lipinski definition) is 1. The van der Waals surface area contributed by atoms with Crippen molar-refractivity contribution in [2.45, 2.75) is 104 Å². The third kappa shape index (κ3) is 12.6. The zero-order chi connectivity index (χ0) is 25.3. The summed E-state index contributed by atoms with van der Waals surface area (Å²) in [4.78, 5) is 0. The first kappa shape index (κ1) is 29.4. The van der Waals surface area contributed by atoms with Gasteiger partial charge in [0.05, 0.1) is 6.07 Å².